The Morgan fingerprint density at radius 1 is 1.22 bits per heavy atom. The van der Waals surface area contributed by atoms with Crippen molar-refractivity contribution in [2.24, 2.45) is 0 Å². The molecular formula is H3Cl2MgNaO4S. The van der Waals surface area contributed by atoms with Gasteiger partial charge in [0.05, 0.1) is 0 Å². The van der Waals surface area contributed by atoms with E-state index in [2.05, 4.69) is 0 Å². The van der Waals surface area contributed by atoms with Crippen LogP contribution < -0.4 is 0 Å². The summed E-state index contributed by atoms with van der Waals surface area (Å²) < 4.78 is 31.6. The van der Waals surface area contributed by atoms with Crippen molar-refractivity contribution < 1.29 is 17.5 Å². The van der Waals surface area contributed by atoms with Crippen molar-refractivity contribution in [3.05, 3.63) is 0 Å². The monoisotopic (exact) mass is 216 g/mol. The molecule has 0 aliphatic carbocycles. The molecule has 0 heterocycles. The van der Waals surface area contributed by atoms with E-state index >= 15 is 0 Å². The first kappa shape index (κ1) is 17.3. The standard InChI is InChI=1S/2ClH.Mg.Na.H2O4S.H/c;;;;1-5(2,3)4;/h2*1H;;;(H2,1,2,3,4);/q;;+2;;;/p-2. The number of hydrogen-bond donors (Lipinski definition) is 2. The van der Waals surface area contributed by atoms with Crippen LogP contribution in [0.25, 0.3) is 0 Å². The molecule has 0 amide bonds. The van der Waals surface area contributed by atoms with Gasteiger partial charge in [0.15, 0.2) is 0 Å². The average molecular weight is 217 g/mol. The Labute approximate surface area is 92.4 Å². The van der Waals surface area contributed by atoms with Gasteiger partial charge < -0.3 is 18.1 Å². The van der Waals surface area contributed by atoms with Crippen LogP contribution in [-0.4, -0.2) is 65.2 Å². The third-order valence-electron chi connectivity index (χ3n) is 0. The summed E-state index contributed by atoms with van der Waals surface area (Å²) in [6.45, 7) is 0. The molecule has 0 rings (SSSR count). The molecule has 9 heteroatoms. The van der Waals surface area contributed by atoms with Gasteiger partial charge >= 0.3 is 58.1 Å². The van der Waals surface area contributed by atoms with Crippen LogP contribution in [0.3, 0.4) is 0 Å². The zero-order valence-electron chi connectivity index (χ0n) is 3.58. The molecule has 9 heavy (non-hydrogen) atoms. The van der Waals surface area contributed by atoms with Crippen molar-refractivity contribution in [1.82, 2.24) is 0 Å². The van der Waals surface area contributed by atoms with E-state index in [4.69, 9.17) is 35.7 Å². The third kappa shape index (κ3) is 140. The summed E-state index contributed by atoms with van der Waals surface area (Å²) in [5, 5.41) is 0. The summed E-state index contributed by atoms with van der Waals surface area (Å²) in [5.41, 5.74) is 0. The Balaban J connectivity index is -0.0000000800. The summed E-state index contributed by atoms with van der Waals surface area (Å²) in [6, 6.07) is 0. The average Bonchev–Trinajstić information content (AvgIpc) is 1.27. The van der Waals surface area contributed by atoms with Gasteiger partial charge in [-0.05, 0) is 0 Å². The van der Waals surface area contributed by atoms with Crippen LogP contribution in [0.2, 0.25) is 0 Å². The van der Waals surface area contributed by atoms with E-state index in [1.165, 1.54) is 0 Å². The Morgan fingerprint density at radius 2 is 1.22 bits per heavy atom. The number of rotatable bonds is 0. The van der Waals surface area contributed by atoms with Gasteiger partial charge in [-0.25, -0.2) is 0 Å². The molecule has 0 unspecified atom stereocenters. The van der Waals surface area contributed by atoms with Gasteiger partial charge in [-0.1, -0.05) is 0 Å². The van der Waals surface area contributed by atoms with Gasteiger partial charge in [0.2, 0.25) is 0 Å². The minimum absolute atomic E-state index is 0. The van der Waals surface area contributed by atoms with Crippen LogP contribution in [-0.2, 0) is 10.4 Å². The first-order valence-electron chi connectivity index (χ1n) is 1.23. The predicted octanol–water partition coefficient (Wildman–Crippen LogP) is -0.303. The fourth-order valence-corrected chi connectivity index (χ4v) is 0. The molecule has 2 N–H and O–H groups in total. The molecule has 0 aliphatic rings. The SMILES string of the molecule is O=S(=O)(O)O.[Cl][Mg][Cl].[NaH]. The zero-order valence-corrected chi connectivity index (χ0v) is 7.32. The molecule has 0 aromatic rings. The molecule has 0 spiro atoms. The fourth-order valence-electron chi connectivity index (χ4n) is 0. The van der Waals surface area contributed by atoms with Crippen LogP contribution in [0, 0.1) is 0 Å². The van der Waals surface area contributed by atoms with E-state index in [0.717, 1.165) is 0 Å². The van der Waals surface area contributed by atoms with Gasteiger partial charge in [-0.2, -0.15) is 8.42 Å². The quantitative estimate of drug-likeness (QED) is 0.431. The second-order valence-electron chi connectivity index (χ2n) is 0.549. The number of hydrogen-bond acceptors (Lipinski definition) is 2. The number of halogens is 2. The van der Waals surface area contributed by atoms with Crippen molar-refractivity contribution in [3.8, 4) is 0 Å². The summed E-state index contributed by atoms with van der Waals surface area (Å²) >= 11 is -0.639. The van der Waals surface area contributed by atoms with Crippen molar-refractivity contribution >= 4 is 76.3 Å². The normalized spacial score (nSPS) is 7.56. The second-order valence-corrected chi connectivity index (χ2v) is 4.07. The van der Waals surface area contributed by atoms with Gasteiger partial charge in [-0.15, -0.1) is 0 Å². The van der Waals surface area contributed by atoms with Gasteiger partial charge in [0.25, 0.3) is 0 Å². The molecule has 0 saturated heterocycles. The second kappa shape index (κ2) is 10.2. The molecule has 0 fully saturated rings. The molecule has 0 aliphatic heterocycles. The summed E-state index contributed by atoms with van der Waals surface area (Å²) in [4.78, 5) is 0. The van der Waals surface area contributed by atoms with Crippen molar-refractivity contribution in [3.63, 3.8) is 0 Å². The molecule has 0 aromatic carbocycles. The molecule has 0 aromatic heterocycles. The van der Waals surface area contributed by atoms with Crippen LogP contribution in [0.15, 0.2) is 0 Å². The Bertz CT molecular complexity index is 113. The molecular weight excluding hydrogens is 214 g/mol. The topological polar surface area (TPSA) is 74.6 Å². The molecule has 0 atom stereocenters. The maximum atomic E-state index is 8.74. The van der Waals surface area contributed by atoms with E-state index in [9.17, 15) is 0 Å². The first-order chi connectivity index (χ1) is 3.41. The molecule has 0 bridgehead atoms. The zero-order chi connectivity index (χ0) is 7.21. The van der Waals surface area contributed by atoms with E-state index in [-0.39, 0.29) is 29.6 Å². The van der Waals surface area contributed by atoms with E-state index in [0.29, 0.717) is 0 Å². The van der Waals surface area contributed by atoms with Gasteiger partial charge in [0.1, 0.15) is 0 Å². The molecule has 4 nitrogen and oxygen atoms in total. The van der Waals surface area contributed by atoms with Crippen LogP contribution >= 0.6 is 18.1 Å². The Morgan fingerprint density at radius 3 is 1.22 bits per heavy atom. The van der Waals surface area contributed by atoms with Crippen LogP contribution in [0.5, 0.6) is 0 Å². The van der Waals surface area contributed by atoms with Crippen molar-refractivity contribution in [1.29, 1.82) is 0 Å². The summed E-state index contributed by atoms with van der Waals surface area (Å²) in [7, 11) is 5.14. The molecule has 0 saturated carbocycles. The van der Waals surface area contributed by atoms with Crippen molar-refractivity contribution in [2.75, 3.05) is 0 Å². The maximum absolute atomic E-state index is 8.74. The van der Waals surface area contributed by atoms with Crippen LogP contribution in [0.4, 0.5) is 0 Å². The van der Waals surface area contributed by atoms with E-state index in [1.54, 1.807) is 0 Å². The molecule has 50 valence electrons. The minimum atomic E-state index is -4.67. The molecule has 0 radical (unpaired) electrons. The Hall–Kier alpha value is 2.22. The van der Waals surface area contributed by atoms with E-state index in [1.807, 2.05) is 0 Å². The first-order valence-corrected chi connectivity index (χ1v) is 6.91. The summed E-state index contributed by atoms with van der Waals surface area (Å²) in [6.07, 6.45) is 0. The van der Waals surface area contributed by atoms with Gasteiger partial charge in [-0.3, -0.25) is 9.11 Å². The third-order valence-corrected chi connectivity index (χ3v) is 0. The van der Waals surface area contributed by atoms with Crippen molar-refractivity contribution in [2.45, 2.75) is 0 Å². The van der Waals surface area contributed by atoms with Gasteiger partial charge in [0, 0.05) is 0 Å². The fraction of sp³-hybridized carbons (Fsp3) is 0. The Kier molecular flexibility index (Phi) is 19.7. The predicted molar refractivity (Wildman–Crippen MR) is 38.8 cm³/mol. The summed E-state index contributed by atoms with van der Waals surface area (Å²) in [5.74, 6) is 0. The van der Waals surface area contributed by atoms with E-state index < -0.39 is 28.6 Å². The van der Waals surface area contributed by atoms with Crippen LogP contribution in [0.1, 0.15) is 0 Å².